The van der Waals surface area contributed by atoms with E-state index in [1.54, 1.807) is 0 Å². The van der Waals surface area contributed by atoms with Gasteiger partial charge in [0.1, 0.15) is 17.9 Å². The number of benzene rings is 1. The predicted molar refractivity (Wildman–Crippen MR) is 65.5 cm³/mol. The van der Waals surface area contributed by atoms with E-state index in [1.807, 2.05) is 19.2 Å². The Morgan fingerprint density at radius 2 is 2.35 bits per heavy atom. The molecule has 5 heteroatoms. The first kappa shape index (κ1) is 10.4. The van der Waals surface area contributed by atoms with Crippen molar-refractivity contribution in [1.82, 2.24) is 4.98 Å². The third-order valence-electron chi connectivity index (χ3n) is 2.97. The number of nitrogens with zero attached hydrogens (tertiary/aromatic N) is 2. The number of likely N-dealkylation sites (N-methyl/N-ethyl adjacent to an activating group) is 1. The van der Waals surface area contributed by atoms with E-state index in [0.29, 0.717) is 25.5 Å². The summed E-state index contributed by atoms with van der Waals surface area (Å²) in [6, 6.07) is 3.92. The summed E-state index contributed by atoms with van der Waals surface area (Å²) >= 11 is 0. The molecular weight excluding hydrogens is 218 g/mol. The van der Waals surface area contributed by atoms with Crippen LogP contribution < -0.4 is 15.4 Å². The van der Waals surface area contributed by atoms with Crippen molar-refractivity contribution < 1.29 is 9.15 Å². The Kier molecular flexibility index (Phi) is 2.40. The molecule has 0 spiro atoms. The lowest BCUT2D eigenvalue weighted by Gasteiger charge is -2.27. The van der Waals surface area contributed by atoms with E-state index in [-0.39, 0.29) is 0 Å². The molecule has 90 valence electrons. The zero-order valence-corrected chi connectivity index (χ0v) is 9.77. The first-order valence-electron chi connectivity index (χ1n) is 5.75. The lowest BCUT2D eigenvalue weighted by Crippen LogP contribution is -2.28. The first-order chi connectivity index (χ1) is 8.28. The second-order valence-electron chi connectivity index (χ2n) is 4.20. The molecule has 0 aliphatic carbocycles. The molecule has 1 aromatic heterocycles. The molecule has 17 heavy (non-hydrogen) atoms. The Morgan fingerprint density at radius 1 is 1.47 bits per heavy atom. The fraction of sp³-hybridized carbons (Fsp3) is 0.417. The van der Waals surface area contributed by atoms with Crippen LogP contribution in [0.3, 0.4) is 0 Å². The lowest BCUT2D eigenvalue weighted by molar-refractivity contribution is 0.311. The van der Waals surface area contributed by atoms with E-state index in [2.05, 4.69) is 9.88 Å². The van der Waals surface area contributed by atoms with E-state index in [1.165, 1.54) is 0 Å². The molecule has 0 bridgehead atoms. The molecule has 2 aromatic rings. The minimum Gasteiger partial charge on any atom is -0.489 e. The number of ether oxygens (including phenoxy) is 1. The van der Waals surface area contributed by atoms with Crippen LogP contribution >= 0.6 is 0 Å². The highest BCUT2D eigenvalue weighted by atomic mass is 16.5. The number of hydrogen-bond acceptors (Lipinski definition) is 5. The van der Waals surface area contributed by atoms with Crippen LogP contribution in [0.1, 0.15) is 5.89 Å². The summed E-state index contributed by atoms with van der Waals surface area (Å²) in [4.78, 5) is 6.58. The van der Waals surface area contributed by atoms with E-state index in [4.69, 9.17) is 14.9 Å². The third-order valence-corrected chi connectivity index (χ3v) is 2.97. The number of hydrogen-bond donors (Lipinski definition) is 1. The molecule has 0 saturated heterocycles. The van der Waals surface area contributed by atoms with Gasteiger partial charge in [-0.05, 0) is 6.07 Å². The minimum atomic E-state index is 0.545. The second-order valence-corrected chi connectivity index (χ2v) is 4.20. The van der Waals surface area contributed by atoms with E-state index in [9.17, 15) is 0 Å². The molecule has 5 nitrogen and oxygen atoms in total. The Balaban J connectivity index is 2.11. The van der Waals surface area contributed by atoms with Crippen LogP contribution in [0.15, 0.2) is 16.5 Å². The zero-order valence-electron chi connectivity index (χ0n) is 9.77. The van der Waals surface area contributed by atoms with Crippen molar-refractivity contribution in [2.75, 3.05) is 31.6 Å². The number of anilines is 1. The summed E-state index contributed by atoms with van der Waals surface area (Å²) in [6.45, 7) is 2.15. The van der Waals surface area contributed by atoms with E-state index >= 15 is 0 Å². The van der Waals surface area contributed by atoms with Crippen LogP contribution in [-0.4, -0.2) is 31.7 Å². The first-order valence-corrected chi connectivity index (χ1v) is 5.75. The molecule has 1 aromatic carbocycles. The quantitative estimate of drug-likeness (QED) is 0.843. The summed E-state index contributed by atoms with van der Waals surface area (Å²) in [7, 11) is 2.05. The predicted octanol–water partition coefficient (Wildman–Crippen LogP) is 1.16. The monoisotopic (exact) mass is 233 g/mol. The Bertz CT molecular complexity index is 550. The molecule has 0 amide bonds. The number of rotatable bonds is 2. The normalized spacial score (nSPS) is 14.8. The highest BCUT2D eigenvalue weighted by Gasteiger charge is 2.18. The number of nitrogens with two attached hydrogens (primary N) is 1. The Labute approximate surface area is 99.2 Å². The van der Waals surface area contributed by atoms with E-state index in [0.717, 1.165) is 29.1 Å². The maximum absolute atomic E-state index is 5.62. The smallest absolute Gasteiger partial charge is 0.196 e. The molecule has 3 rings (SSSR count). The van der Waals surface area contributed by atoms with Gasteiger partial charge >= 0.3 is 0 Å². The molecule has 2 N–H and O–H groups in total. The molecule has 2 heterocycles. The summed E-state index contributed by atoms with van der Waals surface area (Å²) in [5.41, 5.74) is 8.19. The molecule has 1 aliphatic heterocycles. The molecule has 0 unspecified atom stereocenters. The molecule has 0 atom stereocenters. The van der Waals surface area contributed by atoms with Gasteiger partial charge in [-0.15, -0.1) is 0 Å². The van der Waals surface area contributed by atoms with Crippen molar-refractivity contribution in [3.8, 4) is 5.75 Å². The maximum Gasteiger partial charge on any atom is 0.196 e. The standard InChI is InChI=1S/C12H15N3O2/c1-15-4-5-16-11-7-10-8(6-9(11)15)14-12(17-10)2-3-13/h6-7H,2-5,13H2,1H3. The average Bonchev–Trinajstić information content (AvgIpc) is 2.69. The van der Waals surface area contributed by atoms with Crippen LogP contribution in [-0.2, 0) is 6.42 Å². The van der Waals surface area contributed by atoms with Crippen molar-refractivity contribution in [3.05, 3.63) is 18.0 Å². The topological polar surface area (TPSA) is 64.5 Å². The van der Waals surface area contributed by atoms with Crippen LogP contribution in [0.25, 0.3) is 11.1 Å². The van der Waals surface area contributed by atoms with Gasteiger partial charge in [0.2, 0.25) is 0 Å². The Hall–Kier alpha value is -1.75. The van der Waals surface area contributed by atoms with Gasteiger partial charge < -0.3 is 19.8 Å². The van der Waals surface area contributed by atoms with Gasteiger partial charge in [-0.1, -0.05) is 0 Å². The summed E-state index contributed by atoms with van der Waals surface area (Å²) in [6.07, 6.45) is 0.663. The molecule has 1 aliphatic rings. The van der Waals surface area contributed by atoms with Crippen molar-refractivity contribution in [2.24, 2.45) is 5.73 Å². The average molecular weight is 233 g/mol. The number of oxazole rings is 1. The molecular formula is C12H15N3O2. The van der Waals surface area contributed by atoms with Gasteiger partial charge in [0.15, 0.2) is 11.5 Å². The number of aromatic nitrogens is 1. The van der Waals surface area contributed by atoms with Crippen molar-refractivity contribution in [1.29, 1.82) is 0 Å². The van der Waals surface area contributed by atoms with Crippen LogP contribution in [0, 0.1) is 0 Å². The van der Waals surface area contributed by atoms with E-state index < -0.39 is 0 Å². The summed E-state index contributed by atoms with van der Waals surface area (Å²) < 4.78 is 11.2. The maximum atomic E-state index is 5.62. The fourth-order valence-corrected chi connectivity index (χ4v) is 2.05. The van der Waals surface area contributed by atoms with Gasteiger partial charge in [-0.25, -0.2) is 4.98 Å². The van der Waals surface area contributed by atoms with Crippen LogP contribution in [0.5, 0.6) is 5.75 Å². The highest BCUT2D eigenvalue weighted by Crippen LogP contribution is 2.35. The van der Waals surface area contributed by atoms with Crippen LogP contribution in [0.4, 0.5) is 5.69 Å². The van der Waals surface area contributed by atoms with Crippen molar-refractivity contribution >= 4 is 16.8 Å². The largest absolute Gasteiger partial charge is 0.489 e. The van der Waals surface area contributed by atoms with Gasteiger partial charge in [-0.2, -0.15) is 0 Å². The van der Waals surface area contributed by atoms with Gasteiger partial charge in [0.05, 0.1) is 12.2 Å². The van der Waals surface area contributed by atoms with Crippen molar-refractivity contribution in [3.63, 3.8) is 0 Å². The number of fused-ring (bicyclic) bond motifs is 2. The minimum absolute atomic E-state index is 0.545. The Morgan fingerprint density at radius 3 is 3.18 bits per heavy atom. The molecule has 0 saturated carbocycles. The van der Waals surface area contributed by atoms with Crippen LogP contribution in [0.2, 0.25) is 0 Å². The fourth-order valence-electron chi connectivity index (χ4n) is 2.05. The van der Waals surface area contributed by atoms with Gasteiger partial charge in [0, 0.05) is 26.1 Å². The lowest BCUT2D eigenvalue weighted by atomic mass is 10.2. The second kappa shape index (κ2) is 3.92. The molecule has 0 fully saturated rings. The van der Waals surface area contributed by atoms with Crippen molar-refractivity contribution in [2.45, 2.75) is 6.42 Å². The van der Waals surface area contributed by atoms with Gasteiger partial charge in [0.25, 0.3) is 0 Å². The zero-order chi connectivity index (χ0) is 11.8. The third kappa shape index (κ3) is 1.72. The highest BCUT2D eigenvalue weighted by molar-refractivity contribution is 5.82. The SMILES string of the molecule is CN1CCOc2cc3oc(CCN)nc3cc21. The van der Waals surface area contributed by atoms with Gasteiger partial charge in [-0.3, -0.25) is 0 Å². The summed E-state index contributed by atoms with van der Waals surface area (Å²) in [5.74, 6) is 1.55. The summed E-state index contributed by atoms with van der Waals surface area (Å²) in [5, 5.41) is 0. The molecule has 0 radical (unpaired) electrons.